The lowest BCUT2D eigenvalue weighted by Gasteiger charge is -2.31. The van der Waals surface area contributed by atoms with Crippen LogP contribution >= 0.6 is 0 Å². The van der Waals surface area contributed by atoms with E-state index in [1.807, 2.05) is 0 Å². The van der Waals surface area contributed by atoms with Crippen LogP contribution in [0.2, 0.25) is 0 Å². The van der Waals surface area contributed by atoms with Crippen molar-refractivity contribution in [2.24, 2.45) is 0 Å². The molecule has 3 unspecified atom stereocenters. The third-order valence-corrected chi connectivity index (χ3v) is 4.00. The Morgan fingerprint density at radius 1 is 1.22 bits per heavy atom. The number of hydrogen-bond donors (Lipinski definition) is 1. The molecule has 18 heavy (non-hydrogen) atoms. The first-order valence-corrected chi connectivity index (χ1v) is 7.77. The van der Waals surface area contributed by atoms with Gasteiger partial charge in [0.1, 0.15) is 0 Å². The van der Waals surface area contributed by atoms with E-state index in [9.17, 15) is 4.79 Å². The van der Waals surface area contributed by atoms with Crippen molar-refractivity contribution in [3.05, 3.63) is 0 Å². The average Bonchev–Trinajstić information content (AvgIpc) is 2.70. The molecule has 0 bridgehead atoms. The molecule has 0 aromatic heterocycles. The number of rotatable bonds is 8. The molecule has 0 radical (unpaired) electrons. The summed E-state index contributed by atoms with van der Waals surface area (Å²) in [5.74, 6) is 0.343. The predicted molar refractivity (Wildman–Crippen MR) is 76.4 cm³/mol. The summed E-state index contributed by atoms with van der Waals surface area (Å²) in [6.07, 6.45) is 7.90. The van der Waals surface area contributed by atoms with Crippen molar-refractivity contribution in [1.82, 2.24) is 10.2 Å². The zero-order chi connectivity index (χ0) is 13.5. The van der Waals surface area contributed by atoms with Crippen LogP contribution in [0.25, 0.3) is 0 Å². The molecule has 3 nitrogen and oxygen atoms in total. The Morgan fingerprint density at radius 2 is 1.94 bits per heavy atom. The molecule has 0 spiro atoms. The Balaban J connectivity index is 2.71. The lowest BCUT2D eigenvalue weighted by atomic mass is 10.1. The van der Waals surface area contributed by atoms with E-state index in [1.165, 1.54) is 0 Å². The molecule has 0 saturated carbocycles. The highest BCUT2D eigenvalue weighted by molar-refractivity contribution is 5.84. The van der Waals surface area contributed by atoms with Gasteiger partial charge in [-0.05, 0) is 25.7 Å². The largest absolute Gasteiger partial charge is 0.323 e. The van der Waals surface area contributed by atoms with Crippen LogP contribution in [0.1, 0.15) is 72.6 Å². The fourth-order valence-electron chi connectivity index (χ4n) is 2.95. The summed E-state index contributed by atoms with van der Waals surface area (Å²) in [5, 5.41) is 3.52. The Hall–Kier alpha value is -0.570. The molecule has 1 saturated heterocycles. The van der Waals surface area contributed by atoms with Gasteiger partial charge in [0.2, 0.25) is 5.91 Å². The van der Waals surface area contributed by atoms with Crippen molar-refractivity contribution in [3.63, 3.8) is 0 Å². The van der Waals surface area contributed by atoms with Crippen LogP contribution in [0.3, 0.4) is 0 Å². The number of hydrogen-bond acceptors (Lipinski definition) is 2. The number of nitrogens with zero attached hydrogens (tertiary/aromatic N) is 1. The molecule has 1 aliphatic rings. The molecule has 106 valence electrons. The maximum atomic E-state index is 12.5. The second kappa shape index (κ2) is 7.78. The van der Waals surface area contributed by atoms with Crippen LogP contribution in [0.4, 0.5) is 0 Å². The molecule has 3 heteroatoms. The first-order chi connectivity index (χ1) is 8.69. The van der Waals surface area contributed by atoms with Crippen LogP contribution in [0.5, 0.6) is 0 Å². The fraction of sp³-hybridized carbons (Fsp3) is 0.933. The van der Waals surface area contributed by atoms with E-state index in [1.54, 1.807) is 0 Å². The maximum Gasteiger partial charge on any atom is 0.241 e. The normalized spacial score (nSPS) is 25.8. The zero-order valence-corrected chi connectivity index (χ0v) is 12.5. The van der Waals surface area contributed by atoms with Gasteiger partial charge in [0.05, 0.1) is 12.2 Å². The highest BCUT2D eigenvalue weighted by Gasteiger charge is 2.40. The zero-order valence-electron chi connectivity index (χ0n) is 12.5. The van der Waals surface area contributed by atoms with Crippen molar-refractivity contribution in [2.45, 2.75) is 90.9 Å². The van der Waals surface area contributed by atoms with Gasteiger partial charge in [-0.2, -0.15) is 0 Å². The number of amides is 1. The monoisotopic (exact) mass is 254 g/mol. The summed E-state index contributed by atoms with van der Waals surface area (Å²) < 4.78 is 0. The Morgan fingerprint density at radius 3 is 2.44 bits per heavy atom. The summed E-state index contributed by atoms with van der Waals surface area (Å²) in [6.45, 7) is 8.74. The summed E-state index contributed by atoms with van der Waals surface area (Å²) in [4.78, 5) is 14.7. The predicted octanol–water partition coefficient (Wildman–Crippen LogP) is 3.29. The van der Waals surface area contributed by atoms with Gasteiger partial charge in [0.25, 0.3) is 0 Å². The lowest BCUT2D eigenvalue weighted by molar-refractivity contribution is -0.132. The van der Waals surface area contributed by atoms with Gasteiger partial charge in [-0.1, -0.05) is 47.0 Å². The Kier molecular flexibility index (Phi) is 6.69. The second-order valence-electron chi connectivity index (χ2n) is 5.38. The second-order valence-corrected chi connectivity index (χ2v) is 5.38. The first kappa shape index (κ1) is 15.5. The third kappa shape index (κ3) is 3.47. The van der Waals surface area contributed by atoms with E-state index < -0.39 is 0 Å². The first-order valence-electron chi connectivity index (χ1n) is 7.77. The van der Waals surface area contributed by atoms with Crippen molar-refractivity contribution in [2.75, 3.05) is 0 Å². The van der Waals surface area contributed by atoms with E-state index in [-0.39, 0.29) is 12.2 Å². The summed E-state index contributed by atoms with van der Waals surface area (Å²) in [6, 6.07) is 0.493. The van der Waals surface area contributed by atoms with Gasteiger partial charge in [-0.3, -0.25) is 10.1 Å². The van der Waals surface area contributed by atoms with E-state index in [0.717, 1.165) is 44.9 Å². The number of unbranched alkanes of at least 4 members (excludes halogenated alkanes) is 1. The van der Waals surface area contributed by atoms with E-state index in [0.29, 0.717) is 11.9 Å². The van der Waals surface area contributed by atoms with Crippen molar-refractivity contribution in [1.29, 1.82) is 0 Å². The minimum absolute atomic E-state index is 0.0702. The maximum absolute atomic E-state index is 12.5. The molecule has 1 aliphatic heterocycles. The van der Waals surface area contributed by atoms with E-state index >= 15 is 0 Å². The molecule has 3 atom stereocenters. The van der Waals surface area contributed by atoms with E-state index in [4.69, 9.17) is 0 Å². The SMILES string of the molecule is CCCCC1NC(CC)N(C(CC)CCC)C1=O. The Labute approximate surface area is 112 Å². The summed E-state index contributed by atoms with van der Waals surface area (Å²) in [7, 11) is 0. The van der Waals surface area contributed by atoms with Crippen molar-refractivity contribution >= 4 is 5.91 Å². The van der Waals surface area contributed by atoms with E-state index in [2.05, 4.69) is 37.9 Å². The molecular formula is C15H30N2O. The van der Waals surface area contributed by atoms with Crippen molar-refractivity contribution in [3.8, 4) is 0 Å². The average molecular weight is 254 g/mol. The van der Waals surface area contributed by atoms with Crippen molar-refractivity contribution < 1.29 is 4.79 Å². The highest BCUT2D eigenvalue weighted by atomic mass is 16.2. The quantitative estimate of drug-likeness (QED) is 0.721. The standard InChI is InChI=1S/C15H30N2O/c1-5-9-11-13-15(18)17(14(8-4)16-13)12(7-3)10-6-2/h12-14,16H,5-11H2,1-4H3. The molecule has 0 aromatic rings. The Bertz CT molecular complexity index is 255. The summed E-state index contributed by atoms with van der Waals surface area (Å²) >= 11 is 0. The molecule has 1 fully saturated rings. The van der Waals surface area contributed by atoms with Gasteiger partial charge in [-0.25, -0.2) is 0 Å². The van der Waals surface area contributed by atoms with Gasteiger partial charge in [-0.15, -0.1) is 0 Å². The van der Waals surface area contributed by atoms with Gasteiger partial charge in [0, 0.05) is 6.04 Å². The molecule has 1 amide bonds. The van der Waals surface area contributed by atoms with Gasteiger partial charge in [0.15, 0.2) is 0 Å². The minimum Gasteiger partial charge on any atom is -0.323 e. The molecule has 1 heterocycles. The smallest absolute Gasteiger partial charge is 0.241 e. The van der Waals surface area contributed by atoms with Crippen LogP contribution in [-0.2, 0) is 4.79 Å². The molecule has 0 aromatic carbocycles. The van der Waals surface area contributed by atoms with Crippen LogP contribution in [0.15, 0.2) is 0 Å². The summed E-state index contributed by atoms with van der Waals surface area (Å²) in [5.41, 5.74) is 0. The number of nitrogens with one attached hydrogen (secondary N) is 1. The van der Waals surface area contributed by atoms with Crippen LogP contribution in [-0.4, -0.2) is 29.1 Å². The van der Waals surface area contributed by atoms with Gasteiger partial charge < -0.3 is 4.90 Å². The molecule has 0 aliphatic carbocycles. The topological polar surface area (TPSA) is 32.3 Å². The number of carbonyl (C=O) groups is 1. The highest BCUT2D eigenvalue weighted by Crippen LogP contribution is 2.23. The van der Waals surface area contributed by atoms with Crippen LogP contribution in [0, 0.1) is 0 Å². The fourth-order valence-corrected chi connectivity index (χ4v) is 2.95. The van der Waals surface area contributed by atoms with Gasteiger partial charge >= 0.3 is 0 Å². The third-order valence-electron chi connectivity index (χ3n) is 4.00. The minimum atomic E-state index is 0.0702. The molecule has 1 rings (SSSR count). The number of carbonyl (C=O) groups excluding carboxylic acids is 1. The molecular weight excluding hydrogens is 224 g/mol. The molecule has 1 N–H and O–H groups in total. The lowest BCUT2D eigenvalue weighted by Crippen LogP contribution is -2.44. The van der Waals surface area contributed by atoms with Crippen LogP contribution < -0.4 is 5.32 Å².